The summed E-state index contributed by atoms with van der Waals surface area (Å²) in [4.78, 5) is 30.6. The first-order valence-corrected chi connectivity index (χ1v) is 17.9. The summed E-state index contributed by atoms with van der Waals surface area (Å²) in [5, 5.41) is 3.26. The van der Waals surface area contributed by atoms with E-state index in [9.17, 15) is 18.0 Å². The Morgan fingerprint density at radius 1 is 0.745 bits per heavy atom. The topological polar surface area (TPSA) is 86.8 Å². The van der Waals surface area contributed by atoms with E-state index >= 15 is 0 Å². The Morgan fingerprint density at radius 3 is 2.00 bits per heavy atom. The maximum Gasteiger partial charge on any atom is 0.264 e. The SMILES string of the molecule is Cc1ccc(N(CC(=O)N(Cc2cccc(C)c2)[C@H](Cc2ccccc2)C(=O)NC2CCCCC2)S(=O)(=O)c2ccc(C)cc2)cc1. The molecule has 4 aromatic carbocycles. The molecule has 8 heteroatoms. The maximum absolute atomic E-state index is 14.7. The van der Waals surface area contributed by atoms with E-state index in [-0.39, 0.29) is 23.4 Å². The van der Waals surface area contributed by atoms with Crippen molar-refractivity contribution < 1.29 is 18.0 Å². The Labute approximate surface area is 279 Å². The first kappa shape index (κ1) is 33.9. The van der Waals surface area contributed by atoms with Gasteiger partial charge in [0.15, 0.2) is 0 Å². The van der Waals surface area contributed by atoms with Gasteiger partial charge in [-0.15, -0.1) is 0 Å². The summed E-state index contributed by atoms with van der Waals surface area (Å²) >= 11 is 0. The molecule has 246 valence electrons. The predicted molar refractivity (Wildman–Crippen MR) is 188 cm³/mol. The van der Waals surface area contributed by atoms with Gasteiger partial charge in [0.2, 0.25) is 11.8 Å². The zero-order valence-corrected chi connectivity index (χ0v) is 28.4. The number of anilines is 1. The summed E-state index contributed by atoms with van der Waals surface area (Å²) in [6.45, 7) is 5.50. The molecule has 0 unspecified atom stereocenters. The number of amides is 2. The average Bonchev–Trinajstić information content (AvgIpc) is 3.06. The maximum atomic E-state index is 14.7. The lowest BCUT2D eigenvalue weighted by Gasteiger charge is -2.35. The van der Waals surface area contributed by atoms with Gasteiger partial charge in [0.1, 0.15) is 12.6 Å². The lowest BCUT2D eigenvalue weighted by atomic mass is 9.94. The van der Waals surface area contributed by atoms with E-state index in [1.54, 1.807) is 41.3 Å². The fraction of sp³-hybridized carbons (Fsp3) is 0.333. The third-order valence-corrected chi connectivity index (χ3v) is 10.7. The molecule has 47 heavy (non-hydrogen) atoms. The fourth-order valence-electron chi connectivity index (χ4n) is 6.18. The third-order valence-electron chi connectivity index (χ3n) is 8.87. The fourth-order valence-corrected chi connectivity index (χ4v) is 7.60. The third kappa shape index (κ3) is 8.89. The molecule has 2 amide bonds. The molecule has 1 aliphatic rings. The summed E-state index contributed by atoms with van der Waals surface area (Å²) in [6.07, 6.45) is 5.39. The normalized spacial score (nSPS) is 14.3. The summed E-state index contributed by atoms with van der Waals surface area (Å²) in [6, 6.07) is 30.5. The minimum Gasteiger partial charge on any atom is -0.352 e. The van der Waals surface area contributed by atoms with Gasteiger partial charge < -0.3 is 10.2 Å². The van der Waals surface area contributed by atoms with Crippen LogP contribution in [-0.2, 0) is 32.6 Å². The molecule has 0 aliphatic heterocycles. The van der Waals surface area contributed by atoms with Gasteiger partial charge >= 0.3 is 0 Å². The second kappa shape index (κ2) is 15.4. The number of nitrogens with one attached hydrogen (secondary N) is 1. The van der Waals surface area contributed by atoms with E-state index in [4.69, 9.17) is 0 Å². The molecule has 1 atom stereocenters. The quantitative estimate of drug-likeness (QED) is 0.181. The minimum atomic E-state index is -4.13. The number of sulfonamides is 1. The second-order valence-corrected chi connectivity index (χ2v) is 14.6. The van der Waals surface area contributed by atoms with E-state index in [1.807, 2.05) is 87.5 Å². The van der Waals surface area contributed by atoms with Crippen LogP contribution in [0.1, 0.15) is 59.9 Å². The Bertz CT molecular complexity index is 1750. The molecule has 1 aliphatic carbocycles. The van der Waals surface area contributed by atoms with Crippen LogP contribution in [0.25, 0.3) is 0 Å². The molecule has 0 heterocycles. The van der Waals surface area contributed by atoms with Crippen molar-refractivity contribution in [1.82, 2.24) is 10.2 Å². The Morgan fingerprint density at radius 2 is 1.36 bits per heavy atom. The number of nitrogens with zero attached hydrogens (tertiary/aromatic N) is 2. The minimum absolute atomic E-state index is 0.0522. The molecule has 0 radical (unpaired) electrons. The van der Waals surface area contributed by atoms with Crippen LogP contribution in [0.15, 0.2) is 108 Å². The second-order valence-electron chi connectivity index (χ2n) is 12.7. The largest absolute Gasteiger partial charge is 0.352 e. The van der Waals surface area contributed by atoms with Crippen molar-refractivity contribution in [3.05, 3.63) is 131 Å². The van der Waals surface area contributed by atoms with Crippen LogP contribution in [0.2, 0.25) is 0 Å². The van der Waals surface area contributed by atoms with Crippen LogP contribution >= 0.6 is 0 Å². The molecule has 0 saturated heterocycles. The van der Waals surface area contributed by atoms with E-state index in [2.05, 4.69) is 5.32 Å². The summed E-state index contributed by atoms with van der Waals surface area (Å²) in [7, 11) is -4.13. The van der Waals surface area contributed by atoms with Gasteiger partial charge in [-0.2, -0.15) is 0 Å². The van der Waals surface area contributed by atoms with E-state index in [1.165, 1.54) is 4.31 Å². The van der Waals surface area contributed by atoms with Crippen LogP contribution in [0, 0.1) is 20.8 Å². The number of carbonyl (C=O) groups is 2. The first-order valence-electron chi connectivity index (χ1n) is 16.5. The standard InChI is InChI=1S/C39H45N3O4S/c1-29-17-21-35(22-18-29)42(47(45,46)36-23-19-30(2)20-24-36)28-38(43)41(27-33-14-10-11-31(3)25-33)37(26-32-12-6-4-7-13-32)39(44)40-34-15-8-5-9-16-34/h4,6-7,10-14,17-25,34,37H,5,8-9,15-16,26-28H2,1-3H3,(H,40,44)/t37-/m1/s1. The summed E-state index contributed by atoms with van der Waals surface area (Å²) in [5.41, 5.74) is 5.09. The van der Waals surface area contributed by atoms with Gasteiger partial charge in [-0.1, -0.05) is 115 Å². The molecular weight excluding hydrogens is 607 g/mol. The number of benzene rings is 4. The highest BCUT2D eigenvalue weighted by Crippen LogP contribution is 2.26. The van der Waals surface area contributed by atoms with Gasteiger partial charge in [-0.25, -0.2) is 8.42 Å². The Hall–Kier alpha value is -4.43. The van der Waals surface area contributed by atoms with E-state index in [0.29, 0.717) is 12.1 Å². The molecule has 4 aromatic rings. The van der Waals surface area contributed by atoms with Crippen molar-refractivity contribution in [2.45, 2.75) is 82.8 Å². The van der Waals surface area contributed by atoms with Crippen LogP contribution in [0.3, 0.4) is 0 Å². The molecule has 0 spiro atoms. The van der Waals surface area contributed by atoms with Gasteiger partial charge in [0.25, 0.3) is 10.0 Å². The van der Waals surface area contributed by atoms with Crippen molar-refractivity contribution >= 4 is 27.5 Å². The number of aryl methyl sites for hydroxylation is 3. The molecule has 5 rings (SSSR count). The summed E-state index contributed by atoms with van der Waals surface area (Å²) < 4.78 is 29.6. The molecular formula is C39H45N3O4S. The zero-order valence-electron chi connectivity index (χ0n) is 27.6. The Kier molecular flexibility index (Phi) is 11.1. The molecule has 1 fully saturated rings. The number of carbonyl (C=O) groups excluding carboxylic acids is 2. The highest BCUT2D eigenvalue weighted by atomic mass is 32.2. The van der Waals surface area contributed by atoms with Crippen molar-refractivity contribution in [3.63, 3.8) is 0 Å². The number of hydrogen-bond donors (Lipinski definition) is 1. The van der Waals surface area contributed by atoms with Gasteiger partial charge in [-0.3, -0.25) is 13.9 Å². The summed E-state index contributed by atoms with van der Waals surface area (Å²) in [5.74, 6) is -0.674. The van der Waals surface area contributed by atoms with Crippen LogP contribution in [0.5, 0.6) is 0 Å². The lowest BCUT2D eigenvalue weighted by molar-refractivity contribution is -0.140. The predicted octanol–water partition coefficient (Wildman–Crippen LogP) is 6.90. The van der Waals surface area contributed by atoms with Crippen LogP contribution in [0.4, 0.5) is 5.69 Å². The smallest absolute Gasteiger partial charge is 0.264 e. The molecule has 1 saturated carbocycles. The average molecular weight is 652 g/mol. The van der Waals surface area contributed by atoms with Gasteiger partial charge in [0.05, 0.1) is 10.6 Å². The first-order chi connectivity index (χ1) is 22.6. The number of hydrogen-bond acceptors (Lipinski definition) is 4. The molecule has 1 N–H and O–H groups in total. The highest BCUT2D eigenvalue weighted by Gasteiger charge is 2.35. The molecule has 0 bridgehead atoms. The Balaban J connectivity index is 1.56. The van der Waals surface area contributed by atoms with Crippen molar-refractivity contribution in [2.75, 3.05) is 10.8 Å². The van der Waals surface area contributed by atoms with E-state index < -0.39 is 28.5 Å². The van der Waals surface area contributed by atoms with Gasteiger partial charge in [0, 0.05) is 19.0 Å². The monoisotopic (exact) mass is 651 g/mol. The highest BCUT2D eigenvalue weighted by molar-refractivity contribution is 7.92. The van der Waals surface area contributed by atoms with E-state index in [0.717, 1.165) is 59.9 Å². The van der Waals surface area contributed by atoms with Crippen LogP contribution in [-0.4, -0.2) is 43.8 Å². The zero-order chi connectivity index (χ0) is 33.4. The van der Waals surface area contributed by atoms with Crippen molar-refractivity contribution in [2.24, 2.45) is 0 Å². The van der Waals surface area contributed by atoms with Gasteiger partial charge in [-0.05, 0) is 69.0 Å². The molecule has 0 aromatic heterocycles. The van der Waals surface area contributed by atoms with Crippen molar-refractivity contribution in [3.8, 4) is 0 Å². The van der Waals surface area contributed by atoms with Crippen LogP contribution < -0.4 is 9.62 Å². The molecule has 7 nitrogen and oxygen atoms in total. The van der Waals surface area contributed by atoms with Crippen molar-refractivity contribution in [1.29, 1.82) is 0 Å². The lowest BCUT2D eigenvalue weighted by Crippen LogP contribution is -2.55. The number of rotatable bonds is 12.